The minimum Gasteiger partial charge on any atom is -0.370 e. The van der Waals surface area contributed by atoms with Gasteiger partial charge in [-0.3, -0.25) is 4.99 Å². The lowest BCUT2D eigenvalue weighted by Gasteiger charge is -2.15. The third-order valence-electron chi connectivity index (χ3n) is 2.34. The molecule has 1 unspecified atom stereocenters. The van der Waals surface area contributed by atoms with Crippen molar-refractivity contribution in [3.63, 3.8) is 0 Å². The molecule has 4 nitrogen and oxygen atoms in total. The summed E-state index contributed by atoms with van der Waals surface area (Å²) < 4.78 is 22.1. The van der Waals surface area contributed by atoms with E-state index in [2.05, 4.69) is 10.3 Å². The van der Waals surface area contributed by atoms with Gasteiger partial charge in [0, 0.05) is 25.3 Å². The van der Waals surface area contributed by atoms with E-state index in [1.165, 1.54) is 12.7 Å². The summed E-state index contributed by atoms with van der Waals surface area (Å²) in [5.41, 5.74) is 0. The molecule has 0 aromatic heterocycles. The Bertz CT molecular complexity index is 322. The summed E-state index contributed by atoms with van der Waals surface area (Å²) in [6, 6.07) is -0.0446. The fraction of sp³-hybridized carbons (Fsp3) is 0.900. The first-order chi connectivity index (χ1) is 6.97. The van der Waals surface area contributed by atoms with Crippen molar-refractivity contribution in [3.05, 3.63) is 0 Å². The summed E-state index contributed by atoms with van der Waals surface area (Å²) >= 11 is 0. The predicted octanol–water partition coefficient (Wildman–Crippen LogP) is 0.982. The molecule has 5 heteroatoms. The van der Waals surface area contributed by atoms with Gasteiger partial charge in [0.15, 0.2) is 0 Å². The van der Waals surface area contributed by atoms with Crippen LogP contribution < -0.4 is 5.32 Å². The molecule has 1 aliphatic rings. The summed E-state index contributed by atoms with van der Waals surface area (Å²) in [6.07, 6.45) is 5.73. The van der Waals surface area contributed by atoms with Crippen molar-refractivity contribution >= 4 is 15.7 Å². The first-order valence-corrected chi connectivity index (χ1v) is 7.51. The smallest absolute Gasteiger partial charge is 0.149 e. The zero-order valence-corrected chi connectivity index (χ0v) is 10.3. The Morgan fingerprint density at radius 2 is 2.13 bits per heavy atom. The van der Waals surface area contributed by atoms with Gasteiger partial charge in [0.05, 0.1) is 11.6 Å². The fourth-order valence-electron chi connectivity index (χ4n) is 1.77. The van der Waals surface area contributed by atoms with Crippen LogP contribution >= 0.6 is 0 Å². The molecule has 0 bridgehead atoms. The van der Waals surface area contributed by atoms with Gasteiger partial charge in [-0.15, -0.1) is 0 Å². The molecule has 0 aromatic rings. The van der Waals surface area contributed by atoms with Crippen LogP contribution in [0, 0.1) is 0 Å². The fourth-order valence-corrected chi connectivity index (χ4v) is 2.76. The molecule has 88 valence electrons. The average molecular weight is 232 g/mol. The van der Waals surface area contributed by atoms with E-state index in [9.17, 15) is 8.42 Å². The number of sulfone groups is 1. The quantitative estimate of drug-likeness (QED) is 0.789. The van der Waals surface area contributed by atoms with E-state index < -0.39 is 9.84 Å². The van der Waals surface area contributed by atoms with Gasteiger partial charge in [-0.1, -0.05) is 6.42 Å². The average Bonchev–Trinajstić information content (AvgIpc) is 2.28. The molecule has 1 atom stereocenters. The molecule has 0 aliphatic carbocycles. The van der Waals surface area contributed by atoms with E-state index in [1.54, 1.807) is 0 Å². The normalized spacial score (nSPS) is 20.3. The van der Waals surface area contributed by atoms with Crippen LogP contribution in [0.3, 0.4) is 0 Å². The number of aliphatic imine (C=N–C) groups is 1. The largest absolute Gasteiger partial charge is 0.370 e. The molecule has 0 spiro atoms. The highest BCUT2D eigenvalue weighted by Gasteiger charge is 2.12. The highest BCUT2D eigenvalue weighted by molar-refractivity contribution is 7.90. The summed E-state index contributed by atoms with van der Waals surface area (Å²) in [7, 11) is -2.90. The molecule has 1 heterocycles. The molecule has 0 aromatic carbocycles. The van der Waals surface area contributed by atoms with E-state index in [1.807, 2.05) is 6.92 Å². The minimum absolute atomic E-state index is 0.0446. The van der Waals surface area contributed by atoms with Gasteiger partial charge in [0.25, 0.3) is 0 Å². The Hall–Kier alpha value is -0.580. The lowest BCUT2D eigenvalue weighted by atomic mass is 10.2. The molecule has 1 N–H and O–H groups in total. The van der Waals surface area contributed by atoms with Crippen LogP contribution in [-0.2, 0) is 9.84 Å². The maximum Gasteiger partial charge on any atom is 0.149 e. The van der Waals surface area contributed by atoms with Gasteiger partial charge >= 0.3 is 0 Å². The Morgan fingerprint density at radius 3 is 2.80 bits per heavy atom. The van der Waals surface area contributed by atoms with Crippen LogP contribution in [0.4, 0.5) is 0 Å². The highest BCUT2D eigenvalue weighted by Crippen LogP contribution is 2.06. The third kappa shape index (κ3) is 5.77. The lowest BCUT2D eigenvalue weighted by molar-refractivity contribution is 0.590. The number of rotatable bonds is 3. The zero-order valence-electron chi connectivity index (χ0n) is 9.49. The van der Waals surface area contributed by atoms with E-state index in [4.69, 9.17) is 0 Å². The number of hydrogen-bond acceptors (Lipinski definition) is 4. The van der Waals surface area contributed by atoms with Crippen LogP contribution in [0.1, 0.15) is 32.6 Å². The molecule has 0 radical (unpaired) electrons. The number of nitrogens with zero attached hydrogens (tertiary/aromatic N) is 1. The van der Waals surface area contributed by atoms with Gasteiger partial charge in [0.2, 0.25) is 0 Å². The molecule has 0 saturated carbocycles. The maximum atomic E-state index is 11.1. The van der Waals surface area contributed by atoms with Crippen molar-refractivity contribution in [2.45, 2.75) is 38.6 Å². The molecule has 15 heavy (non-hydrogen) atoms. The second-order valence-electron chi connectivity index (χ2n) is 4.28. The Kier molecular flexibility index (Phi) is 4.57. The number of nitrogens with one attached hydrogen (secondary N) is 1. The molecule has 1 rings (SSSR count). The number of amidine groups is 1. The monoisotopic (exact) mass is 232 g/mol. The topological polar surface area (TPSA) is 58.5 Å². The molecule has 1 aliphatic heterocycles. The Morgan fingerprint density at radius 1 is 1.40 bits per heavy atom. The SMILES string of the molecule is CC(CS(C)(=O)=O)NC1=NCCCCC1. The van der Waals surface area contributed by atoms with Crippen LogP contribution in [0.15, 0.2) is 4.99 Å². The van der Waals surface area contributed by atoms with Crippen molar-refractivity contribution in [3.8, 4) is 0 Å². The highest BCUT2D eigenvalue weighted by atomic mass is 32.2. The Labute approximate surface area is 92.1 Å². The lowest BCUT2D eigenvalue weighted by Crippen LogP contribution is -2.37. The van der Waals surface area contributed by atoms with Crippen molar-refractivity contribution in [2.75, 3.05) is 18.6 Å². The summed E-state index contributed by atoms with van der Waals surface area (Å²) in [6.45, 7) is 2.75. The zero-order chi connectivity index (χ0) is 11.3. The van der Waals surface area contributed by atoms with Gasteiger partial charge < -0.3 is 5.32 Å². The molecule has 0 fully saturated rings. The molecular weight excluding hydrogens is 212 g/mol. The van der Waals surface area contributed by atoms with Gasteiger partial charge in [-0.2, -0.15) is 0 Å². The van der Waals surface area contributed by atoms with Crippen molar-refractivity contribution < 1.29 is 8.42 Å². The van der Waals surface area contributed by atoms with Crippen LogP contribution in [0.2, 0.25) is 0 Å². The standard InChI is InChI=1S/C10H20N2O2S/c1-9(8-15(2,13)14)12-10-6-4-3-5-7-11-10/h9H,3-8H2,1-2H3,(H,11,12). The van der Waals surface area contributed by atoms with Crippen LogP contribution in [0.5, 0.6) is 0 Å². The van der Waals surface area contributed by atoms with Gasteiger partial charge in [-0.25, -0.2) is 8.42 Å². The number of hydrogen-bond donors (Lipinski definition) is 1. The molecular formula is C10H20N2O2S. The van der Waals surface area contributed by atoms with Crippen molar-refractivity contribution in [1.82, 2.24) is 5.32 Å². The molecule has 0 saturated heterocycles. The van der Waals surface area contributed by atoms with Gasteiger partial charge in [0.1, 0.15) is 9.84 Å². The van der Waals surface area contributed by atoms with Gasteiger partial charge in [-0.05, 0) is 19.8 Å². The van der Waals surface area contributed by atoms with E-state index >= 15 is 0 Å². The Balaban J connectivity index is 2.42. The van der Waals surface area contributed by atoms with Crippen molar-refractivity contribution in [2.24, 2.45) is 4.99 Å². The third-order valence-corrected chi connectivity index (χ3v) is 3.45. The van der Waals surface area contributed by atoms with Crippen LogP contribution in [0.25, 0.3) is 0 Å². The van der Waals surface area contributed by atoms with Crippen LogP contribution in [-0.4, -0.2) is 38.8 Å². The summed E-state index contributed by atoms with van der Waals surface area (Å²) in [5, 5.41) is 3.19. The van der Waals surface area contributed by atoms with E-state index in [0.717, 1.165) is 31.6 Å². The maximum absolute atomic E-state index is 11.1. The second kappa shape index (κ2) is 5.49. The van der Waals surface area contributed by atoms with Crippen molar-refractivity contribution in [1.29, 1.82) is 0 Å². The summed E-state index contributed by atoms with van der Waals surface area (Å²) in [4.78, 5) is 4.40. The minimum atomic E-state index is -2.90. The first-order valence-electron chi connectivity index (χ1n) is 5.45. The van der Waals surface area contributed by atoms with E-state index in [0.29, 0.717) is 0 Å². The summed E-state index contributed by atoms with van der Waals surface area (Å²) in [5.74, 6) is 1.15. The first kappa shape index (κ1) is 12.5. The molecule has 0 amide bonds. The predicted molar refractivity (Wildman–Crippen MR) is 63.1 cm³/mol. The second-order valence-corrected chi connectivity index (χ2v) is 6.46. The van der Waals surface area contributed by atoms with E-state index in [-0.39, 0.29) is 11.8 Å².